The van der Waals surface area contributed by atoms with Gasteiger partial charge >= 0.3 is 0 Å². The van der Waals surface area contributed by atoms with Gasteiger partial charge in [-0.15, -0.1) is 10.2 Å². The van der Waals surface area contributed by atoms with Crippen molar-refractivity contribution in [3.63, 3.8) is 0 Å². The lowest BCUT2D eigenvalue weighted by Gasteiger charge is -2.13. The summed E-state index contributed by atoms with van der Waals surface area (Å²) in [6, 6.07) is 13.9. The molecule has 1 aliphatic heterocycles. The van der Waals surface area contributed by atoms with Gasteiger partial charge < -0.3 is 0 Å². The van der Waals surface area contributed by atoms with Gasteiger partial charge in [-0.25, -0.2) is 0 Å². The maximum atomic E-state index is 9.37. The van der Waals surface area contributed by atoms with Gasteiger partial charge in [-0.1, -0.05) is 23.7 Å². The zero-order chi connectivity index (χ0) is 17.6. The molecule has 3 aromatic rings. The third-order valence-corrected chi connectivity index (χ3v) is 4.68. The highest BCUT2D eigenvalue weighted by atomic mass is 35.5. The highest BCUT2D eigenvalue weighted by Gasteiger charge is 2.23. The van der Waals surface area contributed by atoms with Crippen molar-refractivity contribution in [1.82, 2.24) is 14.8 Å². The Morgan fingerprint density at radius 3 is 2.68 bits per heavy atom. The topological polar surface area (TPSA) is 66.9 Å². The van der Waals surface area contributed by atoms with Crippen LogP contribution in [0.1, 0.15) is 33.9 Å². The van der Waals surface area contributed by atoms with Crippen LogP contribution in [-0.4, -0.2) is 20.5 Å². The van der Waals surface area contributed by atoms with Crippen LogP contribution < -0.4 is 0 Å². The number of halogens is 1. The second kappa shape index (κ2) is 5.83. The average molecular weight is 348 g/mol. The van der Waals surface area contributed by atoms with E-state index < -0.39 is 0 Å². The van der Waals surface area contributed by atoms with E-state index in [1.807, 2.05) is 12.1 Å². The summed E-state index contributed by atoms with van der Waals surface area (Å²) in [7, 11) is 0. The molecule has 0 unspecified atom stereocenters. The largest absolute Gasteiger partial charge is 0.276 e. The molecule has 5 nitrogen and oxygen atoms in total. The molecule has 2 heterocycles. The number of fused-ring (bicyclic) bond motifs is 3. The third-order valence-electron chi connectivity index (χ3n) is 4.44. The molecular formula is C19H14ClN5. The number of rotatable bonds is 1. The van der Waals surface area contributed by atoms with E-state index in [0.29, 0.717) is 17.4 Å². The molecule has 25 heavy (non-hydrogen) atoms. The smallest absolute Gasteiger partial charge is 0.239 e. The van der Waals surface area contributed by atoms with Crippen molar-refractivity contribution in [3.05, 3.63) is 75.3 Å². The van der Waals surface area contributed by atoms with Crippen LogP contribution >= 0.6 is 11.6 Å². The van der Waals surface area contributed by atoms with Gasteiger partial charge in [-0.05, 0) is 49.2 Å². The molecule has 0 bridgehead atoms. The molecule has 1 aliphatic rings. The summed E-state index contributed by atoms with van der Waals surface area (Å²) in [6.07, 6.45) is 0. The maximum Gasteiger partial charge on any atom is 0.239 e. The third kappa shape index (κ3) is 2.51. The van der Waals surface area contributed by atoms with Gasteiger partial charge in [0.25, 0.3) is 0 Å². The molecule has 6 heteroatoms. The Kier molecular flexibility index (Phi) is 3.63. The number of nitriles is 1. The summed E-state index contributed by atoms with van der Waals surface area (Å²) in [5.41, 5.74) is 5.97. The van der Waals surface area contributed by atoms with Crippen molar-refractivity contribution in [2.75, 3.05) is 0 Å². The van der Waals surface area contributed by atoms with Crippen molar-refractivity contribution >= 4 is 17.3 Å². The quantitative estimate of drug-likeness (QED) is 0.673. The van der Waals surface area contributed by atoms with Crippen LogP contribution in [0.5, 0.6) is 0 Å². The number of aliphatic imine (C=N–C) groups is 1. The number of aromatic nitrogens is 3. The number of hydrogen-bond donors (Lipinski definition) is 0. The lowest BCUT2D eigenvalue weighted by molar-refractivity contribution is 0.867. The minimum Gasteiger partial charge on any atom is -0.276 e. The summed E-state index contributed by atoms with van der Waals surface area (Å²) >= 11 is 6.25. The summed E-state index contributed by atoms with van der Waals surface area (Å²) in [4.78, 5) is 4.76. The zero-order valence-corrected chi connectivity index (χ0v) is 14.5. The van der Waals surface area contributed by atoms with Gasteiger partial charge in [-0.2, -0.15) is 5.26 Å². The minimum atomic E-state index is 0.245. The summed E-state index contributed by atoms with van der Waals surface area (Å²) in [6.45, 7) is 4.51. The van der Waals surface area contributed by atoms with E-state index >= 15 is 0 Å². The molecule has 0 amide bonds. The van der Waals surface area contributed by atoms with E-state index in [1.54, 1.807) is 10.6 Å². The van der Waals surface area contributed by atoms with Gasteiger partial charge in [0.1, 0.15) is 12.6 Å². The summed E-state index contributed by atoms with van der Waals surface area (Å²) < 4.78 is 1.75. The van der Waals surface area contributed by atoms with Crippen LogP contribution in [0.4, 0.5) is 0 Å². The van der Waals surface area contributed by atoms with Crippen molar-refractivity contribution in [2.45, 2.75) is 20.4 Å². The highest BCUT2D eigenvalue weighted by Crippen LogP contribution is 2.28. The first-order chi connectivity index (χ1) is 12.1. The molecule has 0 atom stereocenters. The SMILES string of the molecule is Cc1ccc(C2=NCc3nnc(C#N)n3-c3ccc(Cl)cc32)cc1C. The fourth-order valence-electron chi connectivity index (χ4n) is 3.01. The fourth-order valence-corrected chi connectivity index (χ4v) is 3.18. The molecule has 2 aromatic carbocycles. The van der Waals surface area contributed by atoms with E-state index in [-0.39, 0.29) is 5.82 Å². The number of aryl methyl sites for hydroxylation is 2. The van der Waals surface area contributed by atoms with Crippen molar-refractivity contribution in [3.8, 4) is 11.8 Å². The standard InChI is InChI=1S/C19H14ClN5/c1-11-3-4-13(7-12(11)2)19-15-8-14(20)5-6-16(15)25-17(9-21)23-24-18(25)10-22-19/h3-8H,10H2,1-2H3. The number of benzene rings is 2. The molecular weight excluding hydrogens is 334 g/mol. The lowest BCUT2D eigenvalue weighted by atomic mass is 9.97. The first kappa shape index (κ1) is 15.6. The van der Waals surface area contributed by atoms with Crippen molar-refractivity contribution in [2.24, 2.45) is 4.99 Å². The lowest BCUT2D eigenvalue weighted by Crippen LogP contribution is -2.09. The van der Waals surface area contributed by atoms with E-state index in [9.17, 15) is 5.26 Å². The van der Waals surface area contributed by atoms with Crippen LogP contribution in [0.25, 0.3) is 5.69 Å². The van der Waals surface area contributed by atoms with Crippen molar-refractivity contribution in [1.29, 1.82) is 5.26 Å². The zero-order valence-electron chi connectivity index (χ0n) is 13.8. The fraction of sp³-hybridized carbons (Fsp3) is 0.158. The molecule has 0 saturated carbocycles. The molecule has 0 N–H and O–H groups in total. The van der Waals surface area contributed by atoms with Crippen LogP contribution in [0, 0.1) is 25.2 Å². The van der Waals surface area contributed by atoms with Gasteiger partial charge in [0, 0.05) is 16.1 Å². The van der Waals surface area contributed by atoms with Crippen LogP contribution in [0.2, 0.25) is 5.02 Å². The molecule has 0 aliphatic carbocycles. The van der Waals surface area contributed by atoms with Crippen molar-refractivity contribution < 1.29 is 0 Å². The summed E-state index contributed by atoms with van der Waals surface area (Å²) in [5.74, 6) is 0.883. The molecule has 0 saturated heterocycles. The average Bonchev–Trinajstić information content (AvgIpc) is 2.94. The second-order valence-corrected chi connectivity index (χ2v) is 6.45. The normalized spacial score (nSPS) is 12.6. The Hall–Kier alpha value is -2.97. The van der Waals surface area contributed by atoms with Gasteiger partial charge in [-0.3, -0.25) is 9.56 Å². The molecule has 0 radical (unpaired) electrons. The predicted octanol–water partition coefficient (Wildman–Crippen LogP) is 3.76. The van der Waals surface area contributed by atoms with E-state index in [0.717, 1.165) is 22.5 Å². The first-order valence-electron chi connectivity index (χ1n) is 7.85. The van der Waals surface area contributed by atoms with Crippen LogP contribution in [0.15, 0.2) is 41.4 Å². The van der Waals surface area contributed by atoms with E-state index in [4.69, 9.17) is 16.6 Å². The maximum absolute atomic E-state index is 9.37. The van der Waals surface area contributed by atoms with Crippen LogP contribution in [-0.2, 0) is 6.54 Å². The Morgan fingerprint density at radius 1 is 1.08 bits per heavy atom. The Balaban J connectivity index is 1.99. The van der Waals surface area contributed by atoms with Gasteiger partial charge in [0.05, 0.1) is 11.4 Å². The van der Waals surface area contributed by atoms with Gasteiger partial charge in [0.15, 0.2) is 5.82 Å². The minimum absolute atomic E-state index is 0.245. The monoisotopic (exact) mass is 347 g/mol. The molecule has 4 rings (SSSR count). The number of hydrogen-bond acceptors (Lipinski definition) is 4. The Labute approximate surface area is 150 Å². The van der Waals surface area contributed by atoms with Crippen LogP contribution in [0.3, 0.4) is 0 Å². The Morgan fingerprint density at radius 2 is 1.92 bits per heavy atom. The number of nitrogens with zero attached hydrogens (tertiary/aromatic N) is 5. The first-order valence-corrected chi connectivity index (χ1v) is 8.23. The summed E-state index contributed by atoms with van der Waals surface area (Å²) in [5, 5.41) is 18.1. The van der Waals surface area contributed by atoms with E-state index in [1.165, 1.54) is 11.1 Å². The van der Waals surface area contributed by atoms with Gasteiger partial charge in [0.2, 0.25) is 5.82 Å². The Bertz CT molecular complexity index is 1070. The molecule has 1 aromatic heterocycles. The van der Waals surface area contributed by atoms with E-state index in [2.05, 4.69) is 48.3 Å². The molecule has 0 spiro atoms. The highest BCUT2D eigenvalue weighted by molar-refractivity contribution is 6.31. The predicted molar refractivity (Wildman–Crippen MR) is 96.3 cm³/mol. The second-order valence-electron chi connectivity index (χ2n) is 6.01. The molecule has 0 fully saturated rings. The molecule has 122 valence electrons.